The van der Waals surface area contributed by atoms with Crippen LogP contribution in [0.25, 0.3) is 0 Å². The van der Waals surface area contributed by atoms with Crippen LogP contribution >= 0.6 is 0 Å². The molecule has 1 saturated heterocycles. The van der Waals surface area contributed by atoms with Crippen LogP contribution in [-0.2, 0) is 14.8 Å². The maximum Gasteiger partial charge on any atom is 0.241 e. The summed E-state index contributed by atoms with van der Waals surface area (Å²) < 4.78 is 33.5. The van der Waals surface area contributed by atoms with Crippen LogP contribution in [0.1, 0.15) is 31.4 Å². The average molecular weight is 312 g/mol. The lowest BCUT2D eigenvalue weighted by atomic mass is 10.1. The summed E-state index contributed by atoms with van der Waals surface area (Å²) in [6.07, 6.45) is 0.634. The summed E-state index contributed by atoms with van der Waals surface area (Å²) in [6, 6.07) is 3.60. The van der Waals surface area contributed by atoms with Crippen molar-refractivity contribution in [1.82, 2.24) is 4.72 Å². The fourth-order valence-electron chi connectivity index (χ4n) is 2.83. The summed E-state index contributed by atoms with van der Waals surface area (Å²) >= 11 is 0. The van der Waals surface area contributed by atoms with Crippen LogP contribution in [0, 0.1) is 13.8 Å². The smallest absolute Gasteiger partial charge is 0.241 e. The molecule has 1 aliphatic rings. The van der Waals surface area contributed by atoms with Crippen LogP contribution in [0.2, 0.25) is 0 Å². The molecule has 118 valence electrons. The highest BCUT2D eigenvalue weighted by Crippen LogP contribution is 2.26. The molecule has 2 atom stereocenters. The molecule has 2 N–H and O–H groups in total. The Morgan fingerprint density at radius 2 is 1.90 bits per heavy atom. The van der Waals surface area contributed by atoms with Gasteiger partial charge in [-0.1, -0.05) is 0 Å². The van der Waals surface area contributed by atoms with E-state index in [1.165, 1.54) is 0 Å². The van der Waals surface area contributed by atoms with Gasteiger partial charge in [-0.15, -0.1) is 0 Å². The highest BCUT2D eigenvalue weighted by Gasteiger charge is 2.30. The zero-order valence-corrected chi connectivity index (χ0v) is 13.9. The van der Waals surface area contributed by atoms with E-state index in [1.54, 1.807) is 0 Å². The van der Waals surface area contributed by atoms with Gasteiger partial charge in [0.25, 0.3) is 0 Å². The molecule has 2 rings (SSSR count). The van der Waals surface area contributed by atoms with Crippen LogP contribution in [-0.4, -0.2) is 33.7 Å². The van der Waals surface area contributed by atoms with Gasteiger partial charge < -0.3 is 10.1 Å². The summed E-state index contributed by atoms with van der Waals surface area (Å²) in [7, 11) is -3.53. The number of hydrogen-bond donors (Lipinski definition) is 2. The fourth-order valence-corrected chi connectivity index (χ4v) is 4.62. The van der Waals surface area contributed by atoms with Gasteiger partial charge in [0.1, 0.15) is 0 Å². The number of anilines is 1. The van der Waals surface area contributed by atoms with Crippen molar-refractivity contribution in [3.05, 3.63) is 23.3 Å². The molecule has 1 heterocycles. The van der Waals surface area contributed by atoms with Crippen molar-refractivity contribution in [3.63, 3.8) is 0 Å². The number of hydrogen-bond acceptors (Lipinski definition) is 4. The number of aryl methyl sites for hydroxylation is 2. The Hall–Kier alpha value is -1.11. The minimum atomic E-state index is -3.53. The molecule has 2 unspecified atom stereocenters. The molecule has 0 spiro atoms. The Bertz CT molecular complexity index is 590. The van der Waals surface area contributed by atoms with E-state index in [1.807, 2.05) is 39.8 Å². The van der Waals surface area contributed by atoms with Gasteiger partial charge in [0.2, 0.25) is 10.0 Å². The lowest BCUT2D eigenvalue weighted by Gasteiger charge is -2.19. The molecule has 0 amide bonds. The molecule has 1 aliphatic heterocycles. The van der Waals surface area contributed by atoms with Gasteiger partial charge in [-0.2, -0.15) is 0 Å². The zero-order chi connectivity index (χ0) is 15.6. The van der Waals surface area contributed by atoms with Gasteiger partial charge in [0.05, 0.1) is 17.0 Å². The molecule has 0 radical (unpaired) electrons. The van der Waals surface area contributed by atoms with E-state index in [9.17, 15) is 8.42 Å². The van der Waals surface area contributed by atoms with Crippen molar-refractivity contribution < 1.29 is 13.2 Å². The minimum Gasteiger partial charge on any atom is -0.385 e. The Morgan fingerprint density at radius 1 is 1.29 bits per heavy atom. The Morgan fingerprint density at radius 3 is 2.38 bits per heavy atom. The van der Waals surface area contributed by atoms with Gasteiger partial charge in [-0.3, -0.25) is 0 Å². The first-order valence-corrected chi connectivity index (χ1v) is 8.82. The van der Waals surface area contributed by atoms with Gasteiger partial charge in [-0.05, 0) is 57.4 Å². The van der Waals surface area contributed by atoms with Crippen molar-refractivity contribution >= 4 is 15.7 Å². The van der Waals surface area contributed by atoms with Crippen molar-refractivity contribution in [2.45, 2.75) is 51.2 Å². The van der Waals surface area contributed by atoms with Gasteiger partial charge in [-0.25, -0.2) is 13.1 Å². The van der Waals surface area contributed by atoms with E-state index < -0.39 is 10.0 Å². The molecule has 1 aromatic rings. The third kappa shape index (κ3) is 3.56. The van der Waals surface area contributed by atoms with Crippen molar-refractivity contribution in [2.24, 2.45) is 0 Å². The molecule has 0 bridgehead atoms. The van der Waals surface area contributed by atoms with Crippen LogP contribution in [0.4, 0.5) is 5.69 Å². The number of sulfonamides is 1. The van der Waals surface area contributed by atoms with Crippen molar-refractivity contribution in [3.8, 4) is 0 Å². The van der Waals surface area contributed by atoms with E-state index >= 15 is 0 Å². The van der Waals surface area contributed by atoms with Gasteiger partial charge in [0, 0.05) is 18.8 Å². The highest BCUT2D eigenvalue weighted by atomic mass is 32.2. The topological polar surface area (TPSA) is 67.4 Å². The predicted octanol–water partition coefficient (Wildman–Crippen LogP) is 2.19. The van der Waals surface area contributed by atoms with Gasteiger partial charge >= 0.3 is 0 Å². The fraction of sp³-hybridized carbons (Fsp3) is 0.600. The number of nitrogens with one attached hydrogen (secondary N) is 2. The molecule has 21 heavy (non-hydrogen) atoms. The average Bonchev–Trinajstić information content (AvgIpc) is 2.73. The Kier molecular flexibility index (Phi) is 4.91. The Balaban J connectivity index is 2.31. The van der Waals surface area contributed by atoms with Crippen LogP contribution < -0.4 is 10.0 Å². The van der Waals surface area contributed by atoms with E-state index in [0.717, 1.165) is 23.4 Å². The molecule has 1 fully saturated rings. The van der Waals surface area contributed by atoms with E-state index in [-0.39, 0.29) is 12.1 Å². The quantitative estimate of drug-likeness (QED) is 0.874. The third-order valence-corrected chi connectivity index (χ3v) is 5.59. The molecule has 1 aromatic carbocycles. The zero-order valence-electron chi connectivity index (χ0n) is 13.1. The first kappa shape index (κ1) is 16.3. The molecule has 0 aliphatic carbocycles. The predicted molar refractivity (Wildman–Crippen MR) is 84.2 cm³/mol. The lowest BCUT2D eigenvalue weighted by Crippen LogP contribution is -2.39. The van der Waals surface area contributed by atoms with E-state index in [0.29, 0.717) is 17.9 Å². The maximum atomic E-state index is 12.7. The molecule has 0 aromatic heterocycles. The second kappa shape index (κ2) is 6.34. The largest absolute Gasteiger partial charge is 0.385 e. The number of ether oxygens (including phenoxy) is 1. The second-order valence-corrected chi connectivity index (χ2v) is 7.21. The van der Waals surface area contributed by atoms with E-state index in [2.05, 4.69) is 10.0 Å². The first-order chi connectivity index (χ1) is 9.85. The molecular formula is C15H24N2O3S. The minimum absolute atomic E-state index is 0.0820. The monoisotopic (exact) mass is 312 g/mol. The van der Waals surface area contributed by atoms with Crippen LogP contribution in [0.3, 0.4) is 0 Å². The number of rotatable bonds is 5. The summed E-state index contributed by atoms with van der Waals surface area (Å²) in [5, 5.41) is 3.21. The number of benzene rings is 1. The normalized spacial score (nSPS) is 22.5. The third-order valence-electron chi connectivity index (χ3n) is 3.79. The highest BCUT2D eigenvalue weighted by molar-refractivity contribution is 7.89. The van der Waals surface area contributed by atoms with Gasteiger partial charge in [0.15, 0.2) is 0 Å². The summed E-state index contributed by atoms with van der Waals surface area (Å²) in [6.45, 7) is 8.98. The van der Waals surface area contributed by atoms with Crippen LogP contribution in [0.5, 0.6) is 0 Å². The standard InChI is InChI=1S/C15H24N2O3S/c1-5-16-13-8-10(2)15(11(3)9-13)21(18,19)17-14-6-7-20-12(14)4/h8-9,12,14,16-17H,5-7H2,1-4H3. The van der Waals surface area contributed by atoms with Crippen molar-refractivity contribution in [1.29, 1.82) is 0 Å². The van der Waals surface area contributed by atoms with E-state index in [4.69, 9.17) is 4.74 Å². The first-order valence-electron chi connectivity index (χ1n) is 7.34. The molecule has 5 nitrogen and oxygen atoms in total. The molecule has 6 heteroatoms. The summed E-state index contributed by atoms with van der Waals surface area (Å²) in [4.78, 5) is 0.378. The van der Waals surface area contributed by atoms with Crippen molar-refractivity contribution in [2.75, 3.05) is 18.5 Å². The lowest BCUT2D eigenvalue weighted by molar-refractivity contribution is 0.117. The SMILES string of the molecule is CCNc1cc(C)c(S(=O)(=O)NC2CCOC2C)c(C)c1. The second-order valence-electron chi connectivity index (χ2n) is 5.56. The molecular weight excluding hydrogens is 288 g/mol. The molecule has 0 saturated carbocycles. The summed E-state index contributed by atoms with van der Waals surface area (Å²) in [5.74, 6) is 0. The Labute approximate surface area is 127 Å². The maximum absolute atomic E-state index is 12.7. The van der Waals surface area contributed by atoms with Crippen LogP contribution in [0.15, 0.2) is 17.0 Å². The summed E-state index contributed by atoms with van der Waals surface area (Å²) in [5.41, 5.74) is 2.46.